The third-order valence-electron chi connectivity index (χ3n) is 8.08. The summed E-state index contributed by atoms with van der Waals surface area (Å²) >= 11 is 0. The van der Waals surface area contributed by atoms with Crippen LogP contribution in [0.3, 0.4) is 0 Å². The highest BCUT2D eigenvalue weighted by atomic mass is 28.2. The van der Waals surface area contributed by atoms with E-state index in [2.05, 4.69) is 48.1 Å². The molecule has 0 spiro atoms. The topological polar surface area (TPSA) is 47.9 Å². The number of pyridine rings is 1. The van der Waals surface area contributed by atoms with E-state index in [1.54, 1.807) is 0 Å². The lowest BCUT2D eigenvalue weighted by Crippen LogP contribution is -2.09. The Morgan fingerprint density at radius 3 is 2.30 bits per heavy atom. The molecule has 1 aliphatic rings. The highest BCUT2D eigenvalue weighted by molar-refractivity contribution is 6.28. The average molecular weight is 522 g/mol. The molecule has 2 heterocycles. The van der Waals surface area contributed by atoms with Gasteiger partial charge in [0.25, 0.3) is 0 Å². The first-order valence-electron chi connectivity index (χ1n) is 15.3. The maximum Gasteiger partial charge on any atom is 0.310 e. The number of hydrogen-bond donors (Lipinski definition) is 0. The number of unbranched alkanes of at least 4 members (excludes halogenated alkanes) is 7. The van der Waals surface area contributed by atoms with Crippen LogP contribution in [0.15, 0.2) is 30.5 Å². The molecule has 2 unspecified atom stereocenters. The Labute approximate surface area is 229 Å². The van der Waals surface area contributed by atoms with Crippen molar-refractivity contribution in [2.75, 3.05) is 0 Å². The van der Waals surface area contributed by atoms with Crippen LogP contribution in [0.1, 0.15) is 123 Å². The Bertz CT molecular complexity index is 855. The van der Waals surface area contributed by atoms with Crippen LogP contribution in [0.2, 0.25) is 6.04 Å². The van der Waals surface area contributed by atoms with Crippen LogP contribution in [0.4, 0.5) is 0 Å². The molecule has 204 valence electrons. The molecular formula is C32H51N3OSi. The van der Waals surface area contributed by atoms with Crippen LogP contribution >= 0.6 is 0 Å². The van der Waals surface area contributed by atoms with E-state index < -0.39 is 0 Å². The van der Waals surface area contributed by atoms with Gasteiger partial charge >= 0.3 is 9.76 Å². The van der Waals surface area contributed by atoms with Gasteiger partial charge in [-0.2, -0.15) is 5.10 Å². The van der Waals surface area contributed by atoms with Crippen molar-refractivity contribution in [2.24, 2.45) is 17.8 Å². The molecule has 0 aromatic carbocycles. The molecule has 1 saturated carbocycles. The molecule has 0 aliphatic heterocycles. The second kappa shape index (κ2) is 17.7. The fourth-order valence-corrected chi connectivity index (χ4v) is 5.81. The quantitative estimate of drug-likeness (QED) is 0.121. The monoisotopic (exact) mass is 521 g/mol. The molecule has 2 radical (unpaired) electrons. The second-order valence-electron chi connectivity index (χ2n) is 11.5. The third kappa shape index (κ3) is 12.1. The molecule has 2 atom stereocenters. The number of hydrogen-bond acceptors (Lipinski definition) is 4. The van der Waals surface area contributed by atoms with Crippen molar-refractivity contribution in [3.05, 3.63) is 36.2 Å². The van der Waals surface area contributed by atoms with Gasteiger partial charge < -0.3 is 4.43 Å². The maximum absolute atomic E-state index is 6.17. The summed E-state index contributed by atoms with van der Waals surface area (Å²) in [7, 11) is 0.455. The standard InChI is InChI=1S/C32H51N3OSi/c1-4-5-15-26(2)27(3)16-14-25-37-36-31-19-13-24-33-32(31)30-23-22-29(34-35-30)18-12-10-8-6-7-9-11-17-28-20-21-28/h13,19,22-24,26-28H,4-12,14-18,20-21,25H2,1-3H3. The summed E-state index contributed by atoms with van der Waals surface area (Å²) in [4.78, 5) is 4.56. The summed E-state index contributed by atoms with van der Waals surface area (Å²) in [6, 6.07) is 9.22. The minimum atomic E-state index is 0.455. The Hall–Kier alpha value is -1.75. The minimum absolute atomic E-state index is 0.455. The van der Waals surface area contributed by atoms with Crippen molar-refractivity contribution in [1.29, 1.82) is 0 Å². The summed E-state index contributed by atoms with van der Waals surface area (Å²) in [5, 5.41) is 9.00. The lowest BCUT2D eigenvalue weighted by molar-refractivity contribution is 0.333. The van der Waals surface area contributed by atoms with Gasteiger partial charge in [-0.25, -0.2) is 0 Å². The van der Waals surface area contributed by atoms with E-state index in [4.69, 9.17) is 4.43 Å². The van der Waals surface area contributed by atoms with E-state index in [-0.39, 0.29) is 0 Å². The van der Waals surface area contributed by atoms with Gasteiger partial charge in [0, 0.05) is 6.20 Å². The fourth-order valence-electron chi connectivity index (χ4n) is 5.03. The molecule has 1 aliphatic carbocycles. The van der Waals surface area contributed by atoms with Crippen LogP contribution in [-0.2, 0) is 6.42 Å². The van der Waals surface area contributed by atoms with Crippen molar-refractivity contribution in [3.63, 3.8) is 0 Å². The summed E-state index contributed by atoms with van der Waals surface area (Å²) in [5.41, 5.74) is 2.68. The SMILES string of the molecule is CCCCC(C)C(C)CCC[Si]Oc1cccnc1-c1ccc(CCCCCCCCCC2CC2)nn1. The number of nitrogens with zero attached hydrogens (tertiary/aromatic N) is 3. The van der Waals surface area contributed by atoms with Crippen molar-refractivity contribution < 1.29 is 4.43 Å². The average Bonchev–Trinajstić information content (AvgIpc) is 3.75. The van der Waals surface area contributed by atoms with Gasteiger partial charge in [-0.3, -0.25) is 4.98 Å². The van der Waals surface area contributed by atoms with Crippen molar-refractivity contribution in [3.8, 4) is 17.1 Å². The molecule has 0 bridgehead atoms. The largest absolute Gasteiger partial charge is 0.539 e. The molecule has 4 nitrogen and oxygen atoms in total. The number of rotatable bonds is 21. The van der Waals surface area contributed by atoms with Crippen LogP contribution in [0.5, 0.6) is 5.75 Å². The van der Waals surface area contributed by atoms with Gasteiger partial charge in [-0.05, 0) is 60.9 Å². The molecule has 3 rings (SSSR count). The normalized spacial score (nSPS) is 15.0. The fraction of sp³-hybridized carbons (Fsp3) is 0.719. The molecule has 0 saturated heterocycles. The summed E-state index contributed by atoms with van der Waals surface area (Å²) in [6.07, 6.45) is 23.3. The number of aryl methyl sites for hydroxylation is 1. The molecule has 37 heavy (non-hydrogen) atoms. The first-order valence-corrected chi connectivity index (χ1v) is 16.5. The van der Waals surface area contributed by atoms with E-state index in [1.807, 2.05) is 18.3 Å². The van der Waals surface area contributed by atoms with Crippen LogP contribution in [0.25, 0.3) is 11.4 Å². The Balaban J connectivity index is 1.31. The van der Waals surface area contributed by atoms with Crippen molar-refractivity contribution >= 4 is 9.76 Å². The second-order valence-corrected chi connectivity index (χ2v) is 12.4. The van der Waals surface area contributed by atoms with E-state index in [0.29, 0.717) is 9.76 Å². The van der Waals surface area contributed by atoms with E-state index in [1.165, 1.54) is 96.3 Å². The molecule has 0 amide bonds. The van der Waals surface area contributed by atoms with Gasteiger partial charge in [0.15, 0.2) is 0 Å². The Morgan fingerprint density at radius 2 is 1.59 bits per heavy atom. The first kappa shape index (κ1) is 29.8. The summed E-state index contributed by atoms with van der Waals surface area (Å²) in [6.45, 7) is 7.10. The zero-order chi connectivity index (χ0) is 26.1. The molecule has 2 aromatic heterocycles. The van der Waals surface area contributed by atoms with E-state index in [0.717, 1.165) is 53.0 Å². The van der Waals surface area contributed by atoms with Crippen LogP contribution in [-0.4, -0.2) is 24.9 Å². The lowest BCUT2D eigenvalue weighted by atomic mass is 9.88. The predicted octanol–water partition coefficient (Wildman–Crippen LogP) is 9.27. The molecule has 0 N–H and O–H groups in total. The van der Waals surface area contributed by atoms with Crippen molar-refractivity contribution in [1.82, 2.24) is 15.2 Å². The van der Waals surface area contributed by atoms with Crippen LogP contribution in [0, 0.1) is 17.8 Å². The Kier molecular flexibility index (Phi) is 14.3. The minimum Gasteiger partial charge on any atom is -0.539 e. The zero-order valence-electron chi connectivity index (χ0n) is 23.9. The lowest BCUT2D eigenvalue weighted by Gasteiger charge is -2.19. The number of aromatic nitrogens is 3. The van der Waals surface area contributed by atoms with E-state index >= 15 is 0 Å². The van der Waals surface area contributed by atoms with Gasteiger partial charge in [-0.15, -0.1) is 5.10 Å². The van der Waals surface area contributed by atoms with Crippen LogP contribution < -0.4 is 4.43 Å². The zero-order valence-corrected chi connectivity index (χ0v) is 24.9. The van der Waals surface area contributed by atoms with Gasteiger partial charge in [0.1, 0.15) is 17.1 Å². The summed E-state index contributed by atoms with van der Waals surface area (Å²) < 4.78 is 6.17. The molecule has 2 aromatic rings. The molecular weight excluding hydrogens is 470 g/mol. The van der Waals surface area contributed by atoms with Gasteiger partial charge in [0.05, 0.1) is 5.69 Å². The highest BCUT2D eigenvalue weighted by Gasteiger charge is 2.19. The predicted molar refractivity (Wildman–Crippen MR) is 157 cm³/mol. The van der Waals surface area contributed by atoms with Gasteiger partial charge in [0.2, 0.25) is 0 Å². The summed E-state index contributed by atoms with van der Waals surface area (Å²) in [5.74, 6) is 3.53. The Morgan fingerprint density at radius 1 is 0.865 bits per heavy atom. The smallest absolute Gasteiger partial charge is 0.310 e. The first-order chi connectivity index (χ1) is 18.2. The maximum atomic E-state index is 6.17. The molecule has 5 heteroatoms. The van der Waals surface area contributed by atoms with Crippen molar-refractivity contribution in [2.45, 2.75) is 130 Å². The van der Waals surface area contributed by atoms with E-state index in [9.17, 15) is 0 Å². The third-order valence-corrected chi connectivity index (χ3v) is 9.00. The van der Waals surface area contributed by atoms with Gasteiger partial charge in [-0.1, -0.05) is 111 Å². The highest BCUT2D eigenvalue weighted by Crippen LogP contribution is 2.34. The molecule has 1 fully saturated rings.